The van der Waals surface area contributed by atoms with Crippen LogP contribution in [0.5, 0.6) is 0 Å². The molecule has 0 spiro atoms. The van der Waals surface area contributed by atoms with Gasteiger partial charge in [0.25, 0.3) is 0 Å². The molecular weight excluding hydrogens is 260 g/mol. The van der Waals surface area contributed by atoms with E-state index in [1.54, 1.807) is 12.1 Å². The van der Waals surface area contributed by atoms with Gasteiger partial charge in [0.15, 0.2) is 0 Å². The summed E-state index contributed by atoms with van der Waals surface area (Å²) in [7, 11) is 0. The Kier molecular flexibility index (Phi) is 4.48. The van der Waals surface area contributed by atoms with Gasteiger partial charge in [0.05, 0.1) is 17.6 Å². The van der Waals surface area contributed by atoms with Crippen molar-refractivity contribution in [3.8, 4) is 6.07 Å². The Bertz CT molecular complexity index is 541. The molecule has 1 fully saturated rings. The number of aromatic nitrogens is 1. The minimum atomic E-state index is -0.610. The van der Waals surface area contributed by atoms with Crippen LogP contribution in [-0.2, 0) is 0 Å². The molecular formula is C13H16N4O3. The predicted octanol–water partition coefficient (Wildman–Crippen LogP) is 1.60. The van der Waals surface area contributed by atoms with Crippen molar-refractivity contribution >= 4 is 11.5 Å². The monoisotopic (exact) mass is 276 g/mol. The zero-order valence-corrected chi connectivity index (χ0v) is 11.0. The summed E-state index contributed by atoms with van der Waals surface area (Å²) in [5.74, 6) is 0.521. The van der Waals surface area contributed by atoms with Crippen molar-refractivity contribution < 1.29 is 10.0 Å². The Morgan fingerprint density at radius 3 is 2.95 bits per heavy atom. The third-order valence-corrected chi connectivity index (χ3v) is 3.54. The minimum Gasteiger partial charge on any atom is -0.394 e. The first-order valence-corrected chi connectivity index (χ1v) is 6.60. The lowest BCUT2D eigenvalue weighted by Crippen LogP contribution is -2.38. The van der Waals surface area contributed by atoms with Gasteiger partial charge in [0.1, 0.15) is 11.9 Å². The Morgan fingerprint density at radius 2 is 2.30 bits per heavy atom. The van der Waals surface area contributed by atoms with Crippen LogP contribution >= 0.6 is 0 Å². The first-order valence-electron chi connectivity index (χ1n) is 6.60. The summed E-state index contributed by atoms with van der Waals surface area (Å²) in [5.41, 5.74) is -0.472. The van der Waals surface area contributed by atoms with Crippen LogP contribution in [0.25, 0.3) is 0 Å². The summed E-state index contributed by atoms with van der Waals surface area (Å²) in [5, 5.41) is 29.3. The van der Waals surface area contributed by atoms with Gasteiger partial charge in [-0.1, -0.05) is 12.8 Å². The van der Waals surface area contributed by atoms with Gasteiger partial charge in [-0.05, 0) is 18.9 Å². The lowest BCUT2D eigenvalue weighted by molar-refractivity contribution is -0.385. The summed E-state index contributed by atoms with van der Waals surface area (Å²) in [6.45, 7) is 0.751. The van der Waals surface area contributed by atoms with E-state index in [-0.39, 0.29) is 24.0 Å². The van der Waals surface area contributed by atoms with Crippen molar-refractivity contribution in [2.75, 3.05) is 18.1 Å². The molecule has 20 heavy (non-hydrogen) atoms. The number of pyridine rings is 1. The Balaban J connectivity index is 2.36. The van der Waals surface area contributed by atoms with Crippen LogP contribution in [0.4, 0.5) is 11.5 Å². The number of aliphatic hydroxyl groups is 1. The van der Waals surface area contributed by atoms with E-state index in [0.717, 1.165) is 32.2 Å². The number of nitro groups is 1. The quantitative estimate of drug-likeness (QED) is 0.664. The van der Waals surface area contributed by atoms with Crippen LogP contribution in [-0.4, -0.2) is 34.2 Å². The highest BCUT2D eigenvalue weighted by Gasteiger charge is 2.24. The smallest absolute Gasteiger partial charge is 0.305 e. The van der Waals surface area contributed by atoms with Crippen LogP contribution < -0.4 is 4.90 Å². The highest BCUT2D eigenvalue weighted by Crippen LogP contribution is 2.25. The Hall–Kier alpha value is -2.20. The van der Waals surface area contributed by atoms with Gasteiger partial charge >= 0.3 is 5.69 Å². The summed E-state index contributed by atoms with van der Waals surface area (Å²) >= 11 is 0. The highest BCUT2D eigenvalue weighted by molar-refractivity contribution is 5.52. The fourth-order valence-electron chi connectivity index (χ4n) is 2.50. The van der Waals surface area contributed by atoms with E-state index in [9.17, 15) is 15.2 Å². The molecule has 1 N–H and O–H groups in total. The summed E-state index contributed by atoms with van der Waals surface area (Å²) in [6, 6.07) is 4.57. The van der Waals surface area contributed by atoms with Crippen LogP contribution in [0.15, 0.2) is 12.1 Å². The normalized spacial score (nSPS) is 19.2. The molecule has 0 aromatic carbocycles. The fraction of sp³-hybridized carbons (Fsp3) is 0.538. The number of rotatable bonds is 3. The van der Waals surface area contributed by atoms with E-state index in [0.29, 0.717) is 5.82 Å². The molecule has 2 rings (SSSR count). The molecule has 106 valence electrons. The third kappa shape index (κ3) is 2.86. The topological polar surface area (TPSA) is 103 Å². The van der Waals surface area contributed by atoms with E-state index in [1.165, 1.54) is 6.07 Å². The number of anilines is 1. The van der Waals surface area contributed by atoms with Gasteiger partial charge < -0.3 is 10.0 Å². The standard InChI is InChI=1S/C13H16N4O3/c14-8-11-12(17(19)20)5-6-13(15-11)16-7-3-1-2-4-10(16)9-18/h5-6,10,18H,1-4,7,9H2. The van der Waals surface area contributed by atoms with E-state index >= 15 is 0 Å². The van der Waals surface area contributed by atoms with E-state index in [2.05, 4.69) is 4.98 Å². The molecule has 7 nitrogen and oxygen atoms in total. The molecule has 0 amide bonds. The van der Waals surface area contributed by atoms with Crippen molar-refractivity contribution in [2.45, 2.75) is 31.7 Å². The molecule has 1 unspecified atom stereocenters. The fourth-order valence-corrected chi connectivity index (χ4v) is 2.50. The van der Waals surface area contributed by atoms with Gasteiger partial charge in [-0.15, -0.1) is 0 Å². The maximum atomic E-state index is 10.8. The van der Waals surface area contributed by atoms with Gasteiger partial charge in [-0.2, -0.15) is 5.26 Å². The molecule has 1 aromatic rings. The molecule has 1 aliphatic heterocycles. The predicted molar refractivity (Wildman–Crippen MR) is 72.3 cm³/mol. The van der Waals surface area contributed by atoms with E-state index in [4.69, 9.17) is 5.26 Å². The van der Waals surface area contributed by atoms with Gasteiger partial charge in [-0.3, -0.25) is 10.1 Å². The molecule has 0 saturated carbocycles. The molecule has 0 aliphatic carbocycles. The van der Waals surface area contributed by atoms with Crippen LogP contribution in [0.2, 0.25) is 0 Å². The molecule has 1 atom stereocenters. The van der Waals surface area contributed by atoms with E-state index in [1.807, 2.05) is 4.90 Å². The van der Waals surface area contributed by atoms with Crippen molar-refractivity contribution in [1.29, 1.82) is 5.26 Å². The maximum absolute atomic E-state index is 10.8. The molecule has 1 aromatic heterocycles. The molecule has 0 bridgehead atoms. The molecule has 7 heteroatoms. The molecule has 1 aliphatic rings. The second kappa shape index (κ2) is 6.30. The van der Waals surface area contributed by atoms with Crippen molar-refractivity contribution in [3.63, 3.8) is 0 Å². The number of hydrogen-bond donors (Lipinski definition) is 1. The largest absolute Gasteiger partial charge is 0.394 e. The number of hydrogen-bond acceptors (Lipinski definition) is 6. The lowest BCUT2D eigenvalue weighted by atomic mass is 10.1. The first-order chi connectivity index (χ1) is 9.67. The summed E-state index contributed by atoms with van der Waals surface area (Å²) in [6.07, 6.45) is 3.97. The van der Waals surface area contributed by atoms with Crippen LogP contribution in [0.1, 0.15) is 31.4 Å². The average Bonchev–Trinajstić information content (AvgIpc) is 2.71. The van der Waals surface area contributed by atoms with E-state index < -0.39 is 4.92 Å². The lowest BCUT2D eigenvalue weighted by Gasteiger charge is -2.29. The van der Waals surface area contributed by atoms with Gasteiger partial charge in [0.2, 0.25) is 5.69 Å². The highest BCUT2D eigenvalue weighted by atomic mass is 16.6. The number of nitriles is 1. The zero-order chi connectivity index (χ0) is 14.5. The van der Waals surface area contributed by atoms with Crippen LogP contribution in [0, 0.1) is 21.4 Å². The maximum Gasteiger partial charge on any atom is 0.305 e. The Labute approximate surface area is 116 Å². The molecule has 2 heterocycles. The number of nitrogens with zero attached hydrogens (tertiary/aromatic N) is 4. The third-order valence-electron chi connectivity index (χ3n) is 3.54. The Morgan fingerprint density at radius 1 is 1.50 bits per heavy atom. The van der Waals surface area contributed by atoms with Crippen molar-refractivity contribution in [3.05, 3.63) is 27.9 Å². The van der Waals surface area contributed by atoms with Gasteiger partial charge in [-0.25, -0.2) is 4.98 Å². The SMILES string of the molecule is N#Cc1nc(N2CCCCCC2CO)ccc1[N+](=O)[O-]. The van der Waals surface area contributed by atoms with Crippen molar-refractivity contribution in [1.82, 2.24) is 4.98 Å². The first kappa shape index (κ1) is 14.2. The second-order valence-electron chi connectivity index (χ2n) is 4.79. The van der Waals surface area contributed by atoms with Gasteiger partial charge in [0, 0.05) is 12.6 Å². The van der Waals surface area contributed by atoms with Crippen molar-refractivity contribution in [2.24, 2.45) is 0 Å². The minimum absolute atomic E-state index is 0.0144. The summed E-state index contributed by atoms with van der Waals surface area (Å²) < 4.78 is 0. The number of aliphatic hydroxyl groups excluding tert-OH is 1. The summed E-state index contributed by atoms with van der Waals surface area (Å²) in [4.78, 5) is 16.2. The van der Waals surface area contributed by atoms with Crippen LogP contribution in [0.3, 0.4) is 0 Å². The zero-order valence-electron chi connectivity index (χ0n) is 11.0. The average molecular weight is 276 g/mol. The molecule has 0 radical (unpaired) electrons. The molecule has 1 saturated heterocycles. The second-order valence-corrected chi connectivity index (χ2v) is 4.79.